The fraction of sp³-hybridized carbons (Fsp3) is 0.727. The highest BCUT2D eigenvalue weighted by atomic mass is 32.2. The van der Waals surface area contributed by atoms with E-state index in [1.807, 2.05) is 5.38 Å². The zero-order valence-electron chi connectivity index (χ0n) is 10.4. The van der Waals surface area contributed by atoms with Crippen molar-refractivity contribution >= 4 is 21.4 Å². The lowest BCUT2D eigenvalue weighted by Gasteiger charge is -2.15. The van der Waals surface area contributed by atoms with Crippen molar-refractivity contribution in [2.75, 3.05) is 12.3 Å². The molecule has 1 aliphatic heterocycles. The van der Waals surface area contributed by atoms with Gasteiger partial charge in [0.05, 0.1) is 18.0 Å². The molecule has 4 nitrogen and oxygen atoms in total. The molecule has 1 aromatic rings. The Labute approximate surface area is 107 Å². The van der Waals surface area contributed by atoms with E-state index in [1.165, 1.54) is 4.31 Å². The summed E-state index contributed by atoms with van der Waals surface area (Å²) in [6, 6.07) is 0. The predicted octanol–water partition coefficient (Wildman–Crippen LogP) is 1.98. The summed E-state index contributed by atoms with van der Waals surface area (Å²) >= 11 is 1.55. The molecule has 0 aliphatic carbocycles. The third kappa shape index (κ3) is 2.86. The van der Waals surface area contributed by atoms with Crippen LogP contribution in [0.3, 0.4) is 0 Å². The lowest BCUT2D eigenvalue weighted by molar-refractivity contribution is 0.437. The summed E-state index contributed by atoms with van der Waals surface area (Å²) in [6.07, 6.45) is 0.736. The molecule has 0 atom stereocenters. The largest absolute Gasteiger partial charge is 0.244 e. The first kappa shape index (κ1) is 13.0. The first-order valence-electron chi connectivity index (χ1n) is 5.72. The highest BCUT2D eigenvalue weighted by Gasteiger charge is 2.29. The molecule has 2 heterocycles. The molecule has 17 heavy (non-hydrogen) atoms. The predicted molar refractivity (Wildman–Crippen MR) is 69.6 cm³/mol. The quantitative estimate of drug-likeness (QED) is 0.828. The second-order valence-corrected chi connectivity index (χ2v) is 8.41. The van der Waals surface area contributed by atoms with E-state index in [4.69, 9.17) is 0 Å². The topological polar surface area (TPSA) is 50.3 Å². The summed E-state index contributed by atoms with van der Waals surface area (Å²) in [5, 5.41) is 2.92. The molecule has 2 rings (SSSR count). The maximum atomic E-state index is 11.7. The number of rotatable bonds is 2. The molecule has 0 aromatic carbocycles. The van der Waals surface area contributed by atoms with E-state index in [0.29, 0.717) is 13.1 Å². The number of aromatic nitrogens is 1. The molecule has 0 unspecified atom stereocenters. The molecule has 1 fully saturated rings. The van der Waals surface area contributed by atoms with Gasteiger partial charge in [0.2, 0.25) is 10.0 Å². The lowest BCUT2D eigenvalue weighted by atomic mass is 9.93. The highest BCUT2D eigenvalue weighted by Crippen LogP contribution is 2.26. The molecule has 0 amide bonds. The fourth-order valence-corrected chi connectivity index (χ4v) is 4.34. The van der Waals surface area contributed by atoms with Crippen LogP contribution >= 0.6 is 11.3 Å². The minimum atomic E-state index is -3.01. The average molecular weight is 274 g/mol. The Morgan fingerprint density at radius 1 is 1.47 bits per heavy atom. The van der Waals surface area contributed by atoms with E-state index in [2.05, 4.69) is 25.8 Å². The molecular formula is C11H18N2O2S2. The van der Waals surface area contributed by atoms with Crippen LogP contribution in [0.15, 0.2) is 5.38 Å². The molecule has 1 aliphatic rings. The molecule has 6 heteroatoms. The van der Waals surface area contributed by atoms with Crippen LogP contribution in [0.5, 0.6) is 0 Å². The van der Waals surface area contributed by atoms with E-state index in [-0.39, 0.29) is 11.2 Å². The van der Waals surface area contributed by atoms with Gasteiger partial charge < -0.3 is 0 Å². The SMILES string of the molecule is CC(C)(C)c1csc(CN2CCCS2(=O)=O)n1. The maximum absolute atomic E-state index is 11.7. The Kier molecular flexibility index (Phi) is 3.31. The number of hydrogen-bond acceptors (Lipinski definition) is 4. The number of sulfonamides is 1. The molecular weight excluding hydrogens is 256 g/mol. The first-order chi connectivity index (χ1) is 7.79. The Balaban J connectivity index is 2.13. The monoisotopic (exact) mass is 274 g/mol. The van der Waals surface area contributed by atoms with Crippen LogP contribution in [0.4, 0.5) is 0 Å². The second-order valence-electron chi connectivity index (χ2n) is 5.38. The van der Waals surface area contributed by atoms with Crippen molar-refractivity contribution in [2.24, 2.45) is 0 Å². The van der Waals surface area contributed by atoms with Crippen LogP contribution in [0.1, 0.15) is 37.9 Å². The third-order valence-electron chi connectivity index (χ3n) is 2.83. The highest BCUT2D eigenvalue weighted by molar-refractivity contribution is 7.89. The summed E-state index contributed by atoms with van der Waals surface area (Å²) in [5.41, 5.74) is 1.06. The van der Waals surface area contributed by atoms with Crippen molar-refractivity contribution in [1.29, 1.82) is 0 Å². The Hall–Kier alpha value is -0.460. The van der Waals surface area contributed by atoms with Gasteiger partial charge in [0.1, 0.15) is 5.01 Å². The van der Waals surface area contributed by atoms with Gasteiger partial charge in [-0.2, -0.15) is 4.31 Å². The normalized spacial score (nSPS) is 20.9. The van der Waals surface area contributed by atoms with Crippen LogP contribution in [-0.4, -0.2) is 30.0 Å². The van der Waals surface area contributed by atoms with Crippen LogP contribution in [0, 0.1) is 0 Å². The Morgan fingerprint density at radius 2 is 2.18 bits per heavy atom. The van der Waals surface area contributed by atoms with Crippen LogP contribution < -0.4 is 0 Å². The smallest absolute Gasteiger partial charge is 0.214 e. The van der Waals surface area contributed by atoms with Crippen molar-refractivity contribution in [3.8, 4) is 0 Å². The Bertz CT molecular complexity index is 500. The van der Waals surface area contributed by atoms with Crippen molar-refractivity contribution in [3.63, 3.8) is 0 Å². The number of hydrogen-bond donors (Lipinski definition) is 0. The molecule has 96 valence electrons. The first-order valence-corrected chi connectivity index (χ1v) is 8.21. The summed E-state index contributed by atoms with van der Waals surface area (Å²) in [5.74, 6) is 0.282. The fourth-order valence-electron chi connectivity index (χ4n) is 1.75. The summed E-state index contributed by atoms with van der Waals surface area (Å²) in [6.45, 7) is 7.39. The van der Waals surface area contributed by atoms with E-state index < -0.39 is 10.0 Å². The summed E-state index contributed by atoms with van der Waals surface area (Å²) < 4.78 is 24.9. The summed E-state index contributed by atoms with van der Waals surface area (Å²) in [7, 11) is -3.01. The molecule has 0 saturated carbocycles. The summed E-state index contributed by atoms with van der Waals surface area (Å²) in [4.78, 5) is 4.52. The van der Waals surface area contributed by atoms with Crippen LogP contribution in [0.2, 0.25) is 0 Å². The molecule has 0 radical (unpaired) electrons. The van der Waals surface area contributed by atoms with Gasteiger partial charge >= 0.3 is 0 Å². The zero-order chi connectivity index (χ0) is 12.7. The van der Waals surface area contributed by atoms with Crippen molar-refractivity contribution in [3.05, 3.63) is 16.1 Å². The molecule has 0 N–H and O–H groups in total. The molecule has 1 aromatic heterocycles. The minimum Gasteiger partial charge on any atom is -0.244 e. The van der Waals surface area contributed by atoms with E-state index >= 15 is 0 Å². The number of thiazole rings is 1. The molecule has 0 spiro atoms. The Morgan fingerprint density at radius 3 is 2.65 bits per heavy atom. The van der Waals surface area contributed by atoms with Crippen molar-refractivity contribution in [2.45, 2.75) is 39.2 Å². The molecule has 1 saturated heterocycles. The van der Waals surface area contributed by atoms with Gasteiger partial charge in [-0.3, -0.25) is 0 Å². The van der Waals surface area contributed by atoms with Crippen molar-refractivity contribution < 1.29 is 8.42 Å². The van der Waals surface area contributed by atoms with Gasteiger partial charge in [-0.05, 0) is 6.42 Å². The van der Waals surface area contributed by atoms with E-state index in [0.717, 1.165) is 17.1 Å². The van der Waals surface area contributed by atoms with Gasteiger partial charge in [-0.15, -0.1) is 11.3 Å². The second kappa shape index (κ2) is 4.33. The average Bonchev–Trinajstić information content (AvgIpc) is 2.74. The zero-order valence-corrected chi connectivity index (χ0v) is 12.1. The van der Waals surface area contributed by atoms with Gasteiger partial charge in [0.15, 0.2) is 0 Å². The van der Waals surface area contributed by atoms with Crippen molar-refractivity contribution in [1.82, 2.24) is 9.29 Å². The molecule has 0 bridgehead atoms. The van der Waals surface area contributed by atoms with Gasteiger partial charge in [-0.25, -0.2) is 13.4 Å². The van der Waals surface area contributed by atoms with E-state index in [1.54, 1.807) is 11.3 Å². The number of nitrogens with zero attached hydrogens (tertiary/aromatic N) is 2. The van der Waals surface area contributed by atoms with Crippen LogP contribution in [0.25, 0.3) is 0 Å². The lowest BCUT2D eigenvalue weighted by Crippen LogP contribution is -2.25. The maximum Gasteiger partial charge on any atom is 0.214 e. The standard InChI is InChI=1S/C11H18N2O2S2/c1-11(2,3)9-8-16-10(12-9)7-13-5-4-6-17(13,14)15/h8H,4-7H2,1-3H3. The minimum absolute atomic E-state index is 0.0264. The van der Waals surface area contributed by atoms with E-state index in [9.17, 15) is 8.42 Å². The van der Waals surface area contributed by atoms with Crippen LogP contribution in [-0.2, 0) is 22.0 Å². The van der Waals surface area contributed by atoms with Gasteiger partial charge in [0, 0.05) is 17.3 Å². The van der Waals surface area contributed by atoms with Gasteiger partial charge in [0.25, 0.3) is 0 Å². The van der Waals surface area contributed by atoms with Gasteiger partial charge in [-0.1, -0.05) is 20.8 Å². The third-order valence-corrected chi connectivity index (χ3v) is 5.57.